The van der Waals surface area contributed by atoms with Crippen molar-refractivity contribution in [1.82, 2.24) is 14.9 Å². The van der Waals surface area contributed by atoms with E-state index in [0.29, 0.717) is 6.04 Å². The largest absolute Gasteiger partial charge is 0.338 e. The molecule has 1 rings (SSSR count). The van der Waals surface area contributed by atoms with Crippen LogP contribution in [0.1, 0.15) is 19.2 Å². The summed E-state index contributed by atoms with van der Waals surface area (Å²) in [5.74, 6) is 1.12. The molecule has 0 bridgehead atoms. The molecule has 1 heterocycles. The number of imidazole rings is 1. The van der Waals surface area contributed by atoms with E-state index in [1.807, 2.05) is 25.5 Å². The molecular formula is C11H19N3. The Hall–Kier alpha value is -1.09. The quantitative estimate of drug-likeness (QED) is 0.694. The number of aryl methyl sites for hydroxylation is 1. The molecule has 1 unspecified atom stereocenters. The molecule has 0 aromatic carbocycles. The molecule has 0 fully saturated rings. The summed E-state index contributed by atoms with van der Waals surface area (Å²) in [7, 11) is 2.03. The first-order chi connectivity index (χ1) is 6.77. The van der Waals surface area contributed by atoms with Crippen molar-refractivity contribution in [2.45, 2.75) is 25.8 Å². The summed E-state index contributed by atoms with van der Waals surface area (Å²) in [5.41, 5.74) is 0. The van der Waals surface area contributed by atoms with Crippen LogP contribution in [0.4, 0.5) is 0 Å². The van der Waals surface area contributed by atoms with Gasteiger partial charge in [-0.3, -0.25) is 0 Å². The highest BCUT2D eigenvalue weighted by Crippen LogP contribution is 2.03. The molecule has 3 heteroatoms. The van der Waals surface area contributed by atoms with E-state index in [4.69, 9.17) is 0 Å². The number of hydrogen-bond acceptors (Lipinski definition) is 2. The maximum Gasteiger partial charge on any atom is 0.109 e. The minimum absolute atomic E-state index is 0.457. The van der Waals surface area contributed by atoms with Gasteiger partial charge in [-0.2, -0.15) is 0 Å². The molecule has 1 N–H and O–H groups in total. The third kappa shape index (κ3) is 3.00. The summed E-state index contributed by atoms with van der Waals surface area (Å²) in [4.78, 5) is 4.31. The molecule has 0 radical (unpaired) electrons. The summed E-state index contributed by atoms with van der Waals surface area (Å²) >= 11 is 0. The van der Waals surface area contributed by atoms with Crippen LogP contribution in [0, 0.1) is 0 Å². The molecular weight excluding hydrogens is 174 g/mol. The predicted molar refractivity (Wildman–Crippen MR) is 59.2 cm³/mol. The Labute approximate surface area is 85.8 Å². The van der Waals surface area contributed by atoms with Crippen LogP contribution >= 0.6 is 0 Å². The molecule has 0 aliphatic rings. The van der Waals surface area contributed by atoms with E-state index in [9.17, 15) is 0 Å². The van der Waals surface area contributed by atoms with Gasteiger partial charge >= 0.3 is 0 Å². The summed E-state index contributed by atoms with van der Waals surface area (Å²) in [6.45, 7) is 6.88. The SMILES string of the molecule is C=CCC(Cc1nccn1C)NCC. The number of nitrogens with zero attached hydrogens (tertiary/aromatic N) is 2. The molecule has 0 amide bonds. The number of rotatable bonds is 6. The zero-order valence-electron chi connectivity index (χ0n) is 9.03. The number of hydrogen-bond donors (Lipinski definition) is 1. The lowest BCUT2D eigenvalue weighted by atomic mass is 10.1. The second kappa shape index (κ2) is 5.60. The average Bonchev–Trinajstić information content (AvgIpc) is 2.53. The molecule has 3 nitrogen and oxygen atoms in total. The Kier molecular flexibility index (Phi) is 4.40. The third-order valence-corrected chi connectivity index (χ3v) is 2.29. The maximum atomic E-state index is 4.31. The average molecular weight is 193 g/mol. The van der Waals surface area contributed by atoms with E-state index >= 15 is 0 Å². The Morgan fingerprint density at radius 2 is 2.50 bits per heavy atom. The lowest BCUT2D eigenvalue weighted by Gasteiger charge is -2.15. The first-order valence-electron chi connectivity index (χ1n) is 5.08. The summed E-state index contributed by atoms with van der Waals surface area (Å²) < 4.78 is 2.06. The highest BCUT2D eigenvalue weighted by atomic mass is 15.0. The van der Waals surface area contributed by atoms with Gasteiger partial charge in [0.1, 0.15) is 5.82 Å². The Bertz CT molecular complexity index is 278. The molecule has 1 aromatic rings. The smallest absolute Gasteiger partial charge is 0.109 e. The lowest BCUT2D eigenvalue weighted by molar-refractivity contribution is 0.511. The first-order valence-corrected chi connectivity index (χ1v) is 5.08. The normalized spacial score (nSPS) is 12.7. The van der Waals surface area contributed by atoms with Gasteiger partial charge in [0.05, 0.1) is 0 Å². The fraction of sp³-hybridized carbons (Fsp3) is 0.545. The van der Waals surface area contributed by atoms with E-state index in [-0.39, 0.29) is 0 Å². The van der Waals surface area contributed by atoms with E-state index in [1.165, 1.54) is 0 Å². The fourth-order valence-corrected chi connectivity index (χ4v) is 1.54. The molecule has 0 aliphatic heterocycles. The van der Waals surface area contributed by atoms with Crippen molar-refractivity contribution >= 4 is 0 Å². The monoisotopic (exact) mass is 193 g/mol. The molecule has 0 saturated heterocycles. The molecule has 0 spiro atoms. The van der Waals surface area contributed by atoms with Crippen molar-refractivity contribution in [1.29, 1.82) is 0 Å². The minimum Gasteiger partial charge on any atom is -0.338 e. The van der Waals surface area contributed by atoms with Crippen molar-refractivity contribution in [3.05, 3.63) is 30.9 Å². The van der Waals surface area contributed by atoms with E-state index < -0.39 is 0 Å². The molecule has 1 aromatic heterocycles. The Morgan fingerprint density at radius 3 is 3.00 bits per heavy atom. The van der Waals surface area contributed by atoms with E-state index in [0.717, 1.165) is 25.2 Å². The molecule has 14 heavy (non-hydrogen) atoms. The van der Waals surface area contributed by atoms with Gasteiger partial charge in [0.15, 0.2) is 0 Å². The van der Waals surface area contributed by atoms with Crippen molar-refractivity contribution in [3.8, 4) is 0 Å². The van der Waals surface area contributed by atoms with Gasteiger partial charge in [0, 0.05) is 31.9 Å². The van der Waals surface area contributed by atoms with E-state index in [1.54, 1.807) is 0 Å². The highest BCUT2D eigenvalue weighted by molar-refractivity contribution is 4.95. The Balaban J connectivity index is 2.54. The van der Waals surface area contributed by atoms with Crippen LogP contribution in [0.2, 0.25) is 0 Å². The lowest BCUT2D eigenvalue weighted by Crippen LogP contribution is -2.31. The van der Waals surface area contributed by atoms with Crippen LogP contribution in [0.3, 0.4) is 0 Å². The summed E-state index contributed by atoms with van der Waals surface area (Å²) in [5, 5.41) is 3.42. The maximum absolute atomic E-state index is 4.31. The van der Waals surface area contributed by atoms with Gasteiger partial charge in [0.25, 0.3) is 0 Å². The van der Waals surface area contributed by atoms with Crippen LogP contribution in [0.15, 0.2) is 25.0 Å². The van der Waals surface area contributed by atoms with Crippen LogP contribution in [-0.2, 0) is 13.5 Å². The molecule has 0 saturated carbocycles. The van der Waals surface area contributed by atoms with Crippen LogP contribution in [0.5, 0.6) is 0 Å². The van der Waals surface area contributed by atoms with Gasteiger partial charge in [-0.05, 0) is 13.0 Å². The molecule has 0 aliphatic carbocycles. The summed E-state index contributed by atoms with van der Waals surface area (Å²) in [6, 6.07) is 0.457. The van der Waals surface area contributed by atoms with Crippen LogP contribution in [-0.4, -0.2) is 22.1 Å². The van der Waals surface area contributed by atoms with Crippen molar-refractivity contribution in [2.24, 2.45) is 7.05 Å². The van der Waals surface area contributed by atoms with E-state index in [2.05, 4.69) is 28.4 Å². The summed E-state index contributed by atoms with van der Waals surface area (Å²) in [6.07, 6.45) is 7.72. The number of aromatic nitrogens is 2. The van der Waals surface area contributed by atoms with Gasteiger partial charge in [-0.15, -0.1) is 6.58 Å². The minimum atomic E-state index is 0.457. The molecule has 1 atom stereocenters. The zero-order valence-corrected chi connectivity index (χ0v) is 9.03. The molecule has 78 valence electrons. The second-order valence-corrected chi connectivity index (χ2v) is 3.44. The van der Waals surface area contributed by atoms with Gasteiger partial charge in [-0.1, -0.05) is 13.0 Å². The predicted octanol–water partition coefficient (Wildman–Crippen LogP) is 1.52. The first kappa shape index (κ1) is 11.0. The number of nitrogens with one attached hydrogen (secondary N) is 1. The van der Waals surface area contributed by atoms with Gasteiger partial charge in [0.2, 0.25) is 0 Å². The highest BCUT2D eigenvalue weighted by Gasteiger charge is 2.08. The van der Waals surface area contributed by atoms with Crippen molar-refractivity contribution in [2.75, 3.05) is 6.54 Å². The van der Waals surface area contributed by atoms with Crippen molar-refractivity contribution in [3.63, 3.8) is 0 Å². The number of likely N-dealkylation sites (N-methyl/N-ethyl adjacent to an activating group) is 1. The van der Waals surface area contributed by atoms with Crippen molar-refractivity contribution < 1.29 is 0 Å². The van der Waals surface area contributed by atoms with Gasteiger partial charge < -0.3 is 9.88 Å². The second-order valence-electron chi connectivity index (χ2n) is 3.44. The van der Waals surface area contributed by atoms with Crippen LogP contribution in [0.25, 0.3) is 0 Å². The van der Waals surface area contributed by atoms with Crippen LogP contribution < -0.4 is 5.32 Å². The Morgan fingerprint density at radius 1 is 1.71 bits per heavy atom. The topological polar surface area (TPSA) is 29.9 Å². The standard InChI is InChI=1S/C11H19N3/c1-4-6-10(12-5-2)9-11-13-7-8-14(11)3/h4,7-8,10,12H,1,5-6,9H2,2-3H3. The third-order valence-electron chi connectivity index (χ3n) is 2.29. The fourth-order valence-electron chi connectivity index (χ4n) is 1.54. The zero-order chi connectivity index (χ0) is 10.4. The van der Waals surface area contributed by atoms with Gasteiger partial charge in [-0.25, -0.2) is 4.98 Å².